The van der Waals surface area contributed by atoms with E-state index in [9.17, 15) is 30.4 Å². The molecule has 3 rings (SSSR count). The van der Waals surface area contributed by atoms with Crippen LogP contribution in [0.25, 0.3) is 0 Å². The van der Waals surface area contributed by atoms with E-state index in [1.54, 1.807) is 17.0 Å². The Morgan fingerprint density at radius 2 is 1.83 bits per heavy atom. The fourth-order valence-corrected chi connectivity index (χ4v) is 3.71. The lowest BCUT2D eigenvalue weighted by Gasteiger charge is -2.38. The number of nitrogens with zero attached hydrogens (tertiary/aromatic N) is 3. The molecule has 0 fully saturated rings. The van der Waals surface area contributed by atoms with E-state index in [0.29, 0.717) is 48.1 Å². The number of rotatable bonds is 6. The Kier molecular flexibility index (Phi) is 6.37. The highest BCUT2D eigenvalue weighted by Crippen LogP contribution is 2.39. The van der Waals surface area contributed by atoms with Crippen LogP contribution in [-0.2, 0) is 17.6 Å². The third kappa shape index (κ3) is 4.44. The number of benzene rings is 2. The summed E-state index contributed by atoms with van der Waals surface area (Å²) in [4.78, 5) is 26.2. The molecule has 9 nitrogen and oxygen atoms in total. The first-order chi connectivity index (χ1) is 14.2. The van der Waals surface area contributed by atoms with Crippen molar-refractivity contribution in [3.8, 4) is 0 Å². The standard InChI is InChI=1S/C21H23N3O6/c1-13-3-10-18-19(11-15(5-4-14(2)25)12-20(18)24(29)30)22(13)21(26)16-6-8-17(9-7-16)23(27)28/h6-9,11-13,29-30H,3-5,10H2,1-2H3/q-2. The monoisotopic (exact) mass is 413 g/mol. The molecule has 1 heterocycles. The Hall–Kier alpha value is -2.98. The van der Waals surface area contributed by atoms with E-state index in [4.69, 9.17) is 0 Å². The maximum atomic E-state index is 13.3. The van der Waals surface area contributed by atoms with E-state index >= 15 is 0 Å². The minimum absolute atomic E-state index is 0.00584. The molecule has 1 amide bonds. The van der Waals surface area contributed by atoms with Gasteiger partial charge in [0.1, 0.15) is 5.78 Å². The quantitative estimate of drug-likeness (QED) is 0.687. The first kappa shape index (κ1) is 21.7. The SMILES string of the molecule is CC(=O)CCc1cc(N(O)O)c2c(c1)N(C(=O)c1ccc(N([O-])[O-])cc1)C(C)CC2. The van der Waals surface area contributed by atoms with Crippen molar-refractivity contribution in [2.45, 2.75) is 45.6 Å². The molecule has 1 atom stereocenters. The third-order valence-electron chi connectivity index (χ3n) is 5.30. The molecule has 0 radical (unpaired) electrons. The first-order valence-electron chi connectivity index (χ1n) is 9.60. The Bertz CT molecular complexity index is 943. The molecule has 0 bridgehead atoms. The van der Waals surface area contributed by atoms with Crippen LogP contribution in [0.4, 0.5) is 17.1 Å². The molecule has 0 aliphatic carbocycles. The predicted molar refractivity (Wildman–Crippen MR) is 112 cm³/mol. The molecule has 0 saturated carbocycles. The van der Waals surface area contributed by atoms with Gasteiger partial charge in [-0.25, -0.2) is 0 Å². The Morgan fingerprint density at radius 3 is 2.40 bits per heavy atom. The van der Waals surface area contributed by atoms with Crippen LogP contribution in [0.1, 0.15) is 48.2 Å². The normalized spacial score (nSPS) is 15.5. The molecule has 2 aromatic carbocycles. The highest BCUT2D eigenvalue weighted by atomic mass is 16.8. The van der Waals surface area contributed by atoms with Crippen LogP contribution in [-0.4, -0.2) is 28.1 Å². The zero-order valence-electron chi connectivity index (χ0n) is 16.7. The highest BCUT2D eigenvalue weighted by Gasteiger charge is 2.32. The largest absolute Gasteiger partial charge is 0.769 e. The fraction of sp³-hybridized carbons (Fsp3) is 0.333. The Labute approximate surface area is 173 Å². The highest BCUT2D eigenvalue weighted by molar-refractivity contribution is 6.07. The number of hydrogen-bond acceptors (Lipinski definition) is 8. The van der Waals surface area contributed by atoms with Gasteiger partial charge in [0.2, 0.25) is 0 Å². The van der Waals surface area contributed by atoms with Crippen LogP contribution in [0.15, 0.2) is 36.4 Å². The molecule has 30 heavy (non-hydrogen) atoms. The molecular formula is C21H23N3O6-2. The summed E-state index contributed by atoms with van der Waals surface area (Å²) in [6.45, 7) is 3.38. The average Bonchev–Trinajstić information content (AvgIpc) is 2.71. The van der Waals surface area contributed by atoms with Crippen LogP contribution in [0, 0.1) is 10.4 Å². The molecular weight excluding hydrogens is 390 g/mol. The second-order valence-corrected chi connectivity index (χ2v) is 7.47. The van der Waals surface area contributed by atoms with Gasteiger partial charge in [0.25, 0.3) is 5.91 Å². The molecule has 1 unspecified atom stereocenters. The number of carbonyl (C=O) groups excluding carboxylic acids is 2. The lowest BCUT2D eigenvalue weighted by atomic mass is 9.91. The Morgan fingerprint density at radius 1 is 1.17 bits per heavy atom. The number of hydrogen-bond donors (Lipinski definition) is 2. The third-order valence-corrected chi connectivity index (χ3v) is 5.30. The van der Waals surface area contributed by atoms with E-state index in [1.807, 2.05) is 6.92 Å². The topological polar surface area (TPSA) is 130 Å². The molecule has 1 aliphatic heterocycles. The van der Waals surface area contributed by atoms with Crippen molar-refractivity contribution >= 4 is 28.8 Å². The van der Waals surface area contributed by atoms with Gasteiger partial charge in [0.05, 0.1) is 5.69 Å². The number of aryl methyl sites for hydroxylation is 1. The molecule has 2 N–H and O–H groups in total. The summed E-state index contributed by atoms with van der Waals surface area (Å²) in [6.07, 6.45) is 1.85. The van der Waals surface area contributed by atoms with Crippen molar-refractivity contribution in [1.29, 1.82) is 0 Å². The van der Waals surface area contributed by atoms with Gasteiger partial charge in [-0.05, 0) is 75.1 Å². The van der Waals surface area contributed by atoms with Crippen molar-refractivity contribution in [2.75, 3.05) is 15.4 Å². The summed E-state index contributed by atoms with van der Waals surface area (Å²) in [6, 6.07) is 8.61. The molecule has 0 aromatic heterocycles. The maximum absolute atomic E-state index is 13.3. The molecule has 0 saturated heterocycles. The second kappa shape index (κ2) is 8.80. The summed E-state index contributed by atoms with van der Waals surface area (Å²) in [5, 5.41) is 40.7. The van der Waals surface area contributed by atoms with Gasteiger partial charge in [0.15, 0.2) is 0 Å². The van der Waals surface area contributed by atoms with Gasteiger partial charge in [-0.2, -0.15) is 0 Å². The predicted octanol–water partition coefficient (Wildman–Crippen LogP) is 3.58. The summed E-state index contributed by atoms with van der Waals surface area (Å²) in [5.41, 5.74) is 2.20. The number of carbonyl (C=O) groups is 2. The van der Waals surface area contributed by atoms with Crippen molar-refractivity contribution in [3.63, 3.8) is 0 Å². The zero-order valence-corrected chi connectivity index (χ0v) is 16.7. The molecule has 2 aromatic rings. The van der Waals surface area contributed by atoms with Gasteiger partial charge in [-0.1, -0.05) is 0 Å². The van der Waals surface area contributed by atoms with Crippen molar-refractivity contribution in [1.82, 2.24) is 0 Å². The van der Waals surface area contributed by atoms with Crippen LogP contribution >= 0.6 is 0 Å². The van der Waals surface area contributed by atoms with Gasteiger partial charge in [-0.15, -0.1) is 5.23 Å². The van der Waals surface area contributed by atoms with E-state index in [2.05, 4.69) is 0 Å². The van der Waals surface area contributed by atoms with Crippen LogP contribution in [0.5, 0.6) is 0 Å². The van der Waals surface area contributed by atoms with Crippen molar-refractivity contribution in [2.24, 2.45) is 0 Å². The number of anilines is 3. The van der Waals surface area contributed by atoms with E-state index in [0.717, 1.165) is 0 Å². The van der Waals surface area contributed by atoms with Crippen LogP contribution < -0.4 is 15.4 Å². The minimum Gasteiger partial charge on any atom is -0.769 e. The maximum Gasteiger partial charge on any atom is 0.258 e. The second-order valence-electron chi connectivity index (χ2n) is 7.47. The fourth-order valence-electron chi connectivity index (χ4n) is 3.71. The average molecular weight is 413 g/mol. The summed E-state index contributed by atoms with van der Waals surface area (Å²) in [7, 11) is 0. The van der Waals surface area contributed by atoms with E-state index in [1.165, 1.54) is 31.2 Å². The van der Waals surface area contributed by atoms with Crippen LogP contribution in [0.3, 0.4) is 0 Å². The van der Waals surface area contributed by atoms with Crippen molar-refractivity contribution < 1.29 is 20.0 Å². The molecule has 1 aliphatic rings. The minimum atomic E-state index is -0.530. The van der Waals surface area contributed by atoms with Gasteiger partial charge in [0, 0.05) is 35.0 Å². The van der Waals surface area contributed by atoms with Gasteiger partial charge >= 0.3 is 0 Å². The molecule has 160 valence electrons. The molecule has 9 heteroatoms. The van der Waals surface area contributed by atoms with Crippen LogP contribution in [0.2, 0.25) is 0 Å². The zero-order chi connectivity index (χ0) is 22.0. The van der Waals surface area contributed by atoms with Crippen molar-refractivity contribution in [3.05, 3.63) is 63.5 Å². The Balaban J connectivity index is 2.04. The first-order valence-corrected chi connectivity index (χ1v) is 9.60. The van der Waals surface area contributed by atoms with E-state index < -0.39 is 5.23 Å². The lowest BCUT2D eigenvalue weighted by molar-refractivity contribution is -0.116. The number of Topliss-reactive ketones (excluding diaryl/α,β-unsaturated/α-hetero) is 1. The number of ketones is 1. The number of amides is 1. The summed E-state index contributed by atoms with van der Waals surface area (Å²) in [5.74, 6) is -0.332. The summed E-state index contributed by atoms with van der Waals surface area (Å²) < 4.78 is 0. The molecule has 0 spiro atoms. The van der Waals surface area contributed by atoms with Gasteiger partial charge in [-0.3, -0.25) is 15.2 Å². The number of fused-ring (bicyclic) bond motifs is 1. The van der Waals surface area contributed by atoms with E-state index in [-0.39, 0.29) is 34.3 Å². The van der Waals surface area contributed by atoms with Gasteiger partial charge < -0.3 is 25.3 Å². The smallest absolute Gasteiger partial charge is 0.258 e. The summed E-state index contributed by atoms with van der Waals surface area (Å²) >= 11 is 0. The lowest BCUT2D eigenvalue weighted by Crippen LogP contribution is -2.42.